The second kappa shape index (κ2) is 9.13. The molecule has 1 N–H and O–H groups in total. The highest BCUT2D eigenvalue weighted by atomic mass is 32.1. The van der Waals surface area contributed by atoms with Gasteiger partial charge >= 0.3 is 6.18 Å². The number of allylic oxidation sites excluding steroid dienone is 3. The normalized spacial score (nSPS) is 20.9. The third-order valence-electron chi connectivity index (χ3n) is 6.04. The number of hydrogen-bond acceptors (Lipinski definition) is 6. The zero-order chi connectivity index (χ0) is 22.8. The summed E-state index contributed by atoms with van der Waals surface area (Å²) in [5.74, 6) is 0.145. The van der Waals surface area contributed by atoms with Crippen LogP contribution in [0.3, 0.4) is 0 Å². The van der Waals surface area contributed by atoms with Gasteiger partial charge in [-0.3, -0.25) is 4.99 Å². The quantitative estimate of drug-likeness (QED) is 0.515. The minimum Gasteiger partial charge on any atom is -0.324 e. The predicted octanol–water partition coefficient (Wildman–Crippen LogP) is 6.27. The summed E-state index contributed by atoms with van der Waals surface area (Å²) in [6.07, 6.45) is 9.06. The number of alkyl halides is 3. The highest BCUT2D eigenvalue weighted by Crippen LogP contribution is 2.43. The van der Waals surface area contributed by atoms with E-state index in [2.05, 4.69) is 33.9 Å². The first-order chi connectivity index (χ1) is 15.3. The van der Waals surface area contributed by atoms with E-state index in [9.17, 15) is 13.2 Å². The summed E-state index contributed by atoms with van der Waals surface area (Å²) in [7, 11) is 0. The Balaban J connectivity index is 1.57. The number of thiazole rings is 1. The third kappa shape index (κ3) is 4.92. The van der Waals surface area contributed by atoms with Crippen LogP contribution in [0, 0.1) is 5.92 Å². The maximum absolute atomic E-state index is 13.0. The van der Waals surface area contributed by atoms with Gasteiger partial charge in [-0.15, -0.1) is 11.3 Å². The van der Waals surface area contributed by atoms with E-state index in [1.165, 1.54) is 19.3 Å². The second-order valence-corrected chi connectivity index (χ2v) is 9.64. The zero-order valence-corrected chi connectivity index (χ0v) is 18.8. The van der Waals surface area contributed by atoms with Crippen molar-refractivity contribution >= 4 is 29.6 Å². The molecule has 0 aromatic carbocycles. The number of aliphatic imine (C=N–C) groups is 1. The molecule has 32 heavy (non-hydrogen) atoms. The molecule has 5 nitrogen and oxygen atoms in total. The highest BCUT2D eigenvalue weighted by Gasteiger charge is 2.37. The van der Waals surface area contributed by atoms with Gasteiger partial charge in [0.15, 0.2) is 0 Å². The molecule has 2 aromatic heterocycles. The molecule has 0 radical (unpaired) electrons. The van der Waals surface area contributed by atoms with Crippen molar-refractivity contribution in [3.8, 4) is 0 Å². The standard InChI is InChI=1S/C23H26F3N5S/c1-15-10-16(12-17(11-15)30-21-28-9-6-19(31-21)23(24,25)26)18-13-29-20(32-18)22(14-27-2)7-4-3-5-8-22/h6,9,11-13,15H,2-5,7-8,10,14H2,1H3,(H,28,30,31). The number of rotatable bonds is 6. The van der Waals surface area contributed by atoms with Crippen molar-refractivity contribution < 1.29 is 13.2 Å². The first-order valence-electron chi connectivity index (χ1n) is 10.8. The summed E-state index contributed by atoms with van der Waals surface area (Å²) >= 11 is 1.70. The Morgan fingerprint density at radius 3 is 2.75 bits per heavy atom. The first kappa shape index (κ1) is 22.6. The van der Waals surface area contributed by atoms with Gasteiger partial charge in [0.25, 0.3) is 0 Å². The lowest BCUT2D eigenvalue weighted by Gasteiger charge is -2.34. The van der Waals surface area contributed by atoms with Crippen LogP contribution >= 0.6 is 11.3 Å². The molecule has 170 valence electrons. The minimum absolute atomic E-state index is 0.0213. The summed E-state index contributed by atoms with van der Waals surface area (Å²) in [6, 6.07) is 0.863. The van der Waals surface area contributed by atoms with Crippen molar-refractivity contribution in [2.45, 2.75) is 57.0 Å². The maximum atomic E-state index is 13.0. The van der Waals surface area contributed by atoms with Gasteiger partial charge in [0, 0.05) is 23.5 Å². The van der Waals surface area contributed by atoms with Crippen molar-refractivity contribution in [2.75, 3.05) is 11.9 Å². The van der Waals surface area contributed by atoms with E-state index >= 15 is 0 Å². The summed E-state index contributed by atoms with van der Waals surface area (Å²) in [4.78, 5) is 17.6. The molecule has 1 fully saturated rings. The third-order valence-corrected chi connectivity index (χ3v) is 7.36. The van der Waals surface area contributed by atoms with Crippen LogP contribution in [0.15, 0.2) is 41.3 Å². The molecule has 0 amide bonds. The minimum atomic E-state index is -4.51. The number of halogens is 3. The number of nitrogens with one attached hydrogen (secondary N) is 1. The van der Waals surface area contributed by atoms with Crippen LogP contribution in [0.2, 0.25) is 0 Å². The summed E-state index contributed by atoms with van der Waals surface area (Å²) in [5.41, 5.74) is 0.806. The number of hydrogen-bond donors (Lipinski definition) is 1. The molecular formula is C23H26F3N5S. The van der Waals surface area contributed by atoms with Crippen molar-refractivity contribution in [2.24, 2.45) is 10.9 Å². The summed E-state index contributed by atoms with van der Waals surface area (Å²) in [6.45, 7) is 6.49. The Morgan fingerprint density at radius 2 is 2.03 bits per heavy atom. The average molecular weight is 462 g/mol. The molecule has 2 heterocycles. The van der Waals surface area contributed by atoms with Crippen molar-refractivity contribution in [3.05, 3.63) is 51.9 Å². The lowest BCUT2D eigenvalue weighted by Crippen LogP contribution is -2.32. The molecule has 2 aliphatic rings. The Kier molecular flexibility index (Phi) is 6.46. The molecule has 1 unspecified atom stereocenters. The van der Waals surface area contributed by atoms with Crippen LogP contribution in [-0.4, -0.2) is 28.2 Å². The van der Waals surface area contributed by atoms with Gasteiger partial charge in [0.05, 0.1) is 11.4 Å². The van der Waals surface area contributed by atoms with Crippen molar-refractivity contribution in [1.82, 2.24) is 15.0 Å². The largest absolute Gasteiger partial charge is 0.433 e. The van der Waals surface area contributed by atoms with Crippen molar-refractivity contribution in [1.29, 1.82) is 0 Å². The Bertz CT molecular complexity index is 1030. The Morgan fingerprint density at radius 1 is 1.25 bits per heavy atom. The van der Waals surface area contributed by atoms with Crippen LogP contribution in [0.4, 0.5) is 19.1 Å². The molecule has 1 saturated carbocycles. The van der Waals surface area contributed by atoms with Gasteiger partial charge in [0.1, 0.15) is 10.7 Å². The highest BCUT2D eigenvalue weighted by molar-refractivity contribution is 7.12. The van der Waals surface area contributed by atoms with Crippen LogP contribution in [0.1, 0.15) is 61.0 Å². The zero-order valence-electron chi connectivity index (χ0n) is 18.0. The number of nitrogens with zero attached hydrogens (tertiary/aromatic N) is 4. The molecule has 0 saturated heterocycles. The fraction of sp³-hybridized carbons (Fsp3) is 0.478. The summed E-state index contributed by atoms with van der Waals surface area (Å²) < 4.78 is 38.9. The van der Waals surface area contributed by atoms with Gasteiger partial charge < -0.3 is 5.32 Å². The molecule has 2 aliphatic carbocycles. The molecule has 0 spiro atoms. The Labute approximate surface area is 189 Å². The molecule has 0 aliphatic heterocycles. The number of aromatic nitrogens is 3. The van der Waals surface area contributed by atoms with E-state index in [1.54, 1.807) is 11.3 Å². The predicted molar refractivity (Wildman–Crippen MR) is 122 cm³/mol. The van der Waals surface area contributed by atoms with E-state index in [0.717, 1.165) is 47.0 Å². The molecule has 0 bridgehead atoms. The van der Waals surface area contributed by atoms with Gasteiger partial charge in [-0.1, -0.05) is 32.3 Å². The molecule has 9 heteroatoms. The van der Waals surface area contributed by atoms with Gasteiger partial charge in [0.2, 0.25) is 5.95 Å². The molecule has 2 aromatic rings. The van der Waals surface area contributed by atoms with Crippen molar-refractivity contribution in [3.63, 3.8) is 0 Å². The van der Waals surface area contributed by atoms with Crippen LogP contribution in [0.5, 0.6) is 0 Å². The first-order valence-corrected chi connectivity index (χ1v) is 11.6. The number of anilines is 1. The average Bonchev–Trinajstić information content (AvgIpc) is 3.25. The van der Waals surface area contributed by atoms with Crippen LogP contribution in [-0.2, 0) is 11.6 Å². The van der Waals surface area contributed by atoms with E-state index < -0.39 is 11.9 Å². The van der Waals surface area contributed by atoms with E-state index in [1.807, 2.05) is 18.3 Å². The maximum Gasteiger partial charge on any atom is 0.433 e. The smallest absolute Gasteiger partial charge is 0.324 e. The topological polar surface area (TPSA) is 63.1 Å². The fourth-order valence-electron chi connectivity index (χ4n) is 4.51. The van der Waals surface area contributed by atoms with Crippen LogP contribution < -0.4 is 5.32 Å². The lowest BCUT2D eigenvalue weighted by atomic mass is 9.74. The van der Waals surface area contributed by atoms with E-state index in [4.69, 9.17) is 4.98 Å². The fourth-order valence-corrected chi connectivity index (χ4v) is 5.69. The monoisotopic (exact) mass is 461 g/mol. The second-order valence-electron chi connectivity index (χ2n) is 8.61. The Hall–Kier alpha value is -2.55. The summed E-state index contributed by atoms with van der Waals surface area (Å²) in [5, 5.41) is 4.05. The van der Waals surface area contributed by atoms with Gasteiger partial charge in [-0.25, -0.2) is 15.0 Å². The van der Waals surface area contributed by atoms with Gasteiger partial charge in [-0.2, -0.15) is 13.2 Å². The van der Waals surface area contributed by atoms with Gasteiger partial charge in [-0.05, 0) is 49.6 Å². The molecule has 4 rings (SSSR count). The van der Waals surface area contributed by atoms with E-state index in [0.29, 0.717) is 12.2 Å². The SMILES string of the molecule is C=NCC1(c2ncc(C3=CC(Nc4nccc(C(F)(F)F)n4)=CC(C)C3)s2)CCCCC1. The van der Waals surface area contributed by atoms with Crippen LogP contribution in [0.25, 0.3) is 5.57 Å². The lowest BCUT2D eigenvalue weighted by molar-refractivity contribution is -0.141. The molecule has 1 atom stereocenters. The van der Waals surface area contributed by atoms with E-state index in [-0.39, 0.29) is 17.3 Å². The molecular weight excluding hydrogens is 435 g/mol.